The lowest BCUT2D eigenvalue weighted by atomic mass is 10.2. The number of anilines is 1. The number of sulfone groups is 1. The fraction of sp³-hybridized carbons (Fsp3) is 0.200. The molecule has 1 amide bonds. The van der Waals surface area contributed by atoms with Crippen LogP contribution in [0, 0.1) is 0 Å². The summed E-state index contributed by atoms with van der Waals surface area (Å²) in [5.41, 5.74) is 4.83. The van der Waals surface area contributed by atoms with Gasteiger partial charge in [0.05, 0.1) is 22.0 Å². The first-order valence-corrected chi connectivity index (χ1v) is 8.60. The number of aliphatic hydroxyl groups excluding tert-OH is 1. The maximum Gasteiger partial charge on any atom is 0.416 e. The smallest absolute Gasteiger partial charge is 0.397 e. The molecule has 1 unspecified atom stereocenters. The van der Waals surface area contributed by atoms with Gasteiger partial charge in [0, 0.05) is 6.20 Å². The van der Waals surface area contributed by atoms with Crippen LogP contribution in [0.1, 0.15) is 10.5 Å². The van der Waals surface area contributed by atoms with Crippen molar-refractivity contribution in [2.45, 2.75) is 22.1 Å². The summed E-state index contributed by atoms with van der Waals surface area (Å²) < 4.78 is 61.5. The van der Waals surface area contributed by atoms with Crippen molar-refractivity contribution >= 4 is 21.4 Å². The molecule has 0 aliphatic carbocycles. The number of aliphatic hydroxyl groups is 1. The predicted octanol–water partition coefficient (Wildman–Crippen LogP) is 1.15. The summed E-state index contributed by atoms with van der Waals surface area (Å²) in [5.74, 6) is -1.07. The molecule has 2 aromatic rings. The fourth-order valence-corrected chi connectivity index (χ4v) is 3.18. The van der Waals surface area contributed by atoms with E-state index in [9.17, 15) is 26.4 Å². The van der Waals surface area contributed by atoms with Crippen LogP contribution >= 0.6 is 0 Å². The molecule has 11 heteroatoms. The number of amides is 1. The Morgan fingerprint density at radius 3 is 2.38 bits per heavy atom. The monoisotopic (exact) mass is 389 g/mol. The summed E-state index contributed by atoms with van der Waals surface area (Å²) in [6.45, 7) is -1.09. The van der Waals surface area contributed by atoms with E-state index in [1.54, 1.807) is 6.07 Å². The molecule has 0 saturated carbocycles. The molecule has 0 aliphatic rings. The molecule has 26 heavy (non-hydrogen) atoms. The number of alkyl halides is 3. The molecule has 1 atom stereocenters. The maximum absolute atomic E-state index is 12.4. The van der Waals surface area contributed by atoms with Crippen LogP contribution in [0.4, 0.5) is 18.9 Å². The summed E-state index contributed by atoms with van der Waals surface area (Å²) >= 11 is 0. The second-order valence-electron chi connectivity index (χ2n) is 5.19. The standard InChI is InChI=1S/C15H14F3N3O4S/c16-15(17,18)12(22)8-21-14(23)13-11(19)6-10(7-20-13)26(24,25)9-4-2-1-3-5-9/h1-7,12,22H,8,19H2,(H,21,23). The first-order chi connectivity index (χ1) is 12.0. The minimum atomic E-state index is -4.89. The Morgan fingerprint density at radius 1 is 1.23 bits per heavy atom. The number of nitrogens with zero attached hydrogens (tertiary/aromatic N) is 1. The molecule has 0 aliphatic heterocycles. The van der Waals surface area contributed by atoms with Crippen molar-refractivity contribution in [3.8, 4) is 0 Å². The van der Waals surface area contributed by atoms with Crippen LogP contribution < -0.4 is 11.1 Å². The minimum absolute atomic E-state index is 0.00768. The Kier molecular flexibility index (Phi) is 5.52. The number of carbonyl (C=O) groups is 1. The maximum atomic E-state index is 12.4. The first kappa shape index (κ1) is 19.7. The van der Waals surface area contributed by atoms with E-state index in [2.05, 4.69) is 4.98 Å². The molecule has 0 bridgehead atoms. The predicted molar refractivity (Wildman–Crippen MR) is 84.9 cm³/mol. The van der Waals surface area contributed by atoms with Crippen LogP contribution in [0.2, 0.25) is 0 Å². The van der Waals surface area contributed by atoms with Gasteiger partial charge in [-0.25, -0.2) is 13.4 Å². The molecule has 1 heterocycles. The highest BCUT2D eigenvalue weighted by molar-refractivity contribution is 7.91. The van der Waals surface area contributed by atoms with Gasteiger partial charge in [0.1, 0.15) is 0 Å². The van der Waals surface area contributed by atoms with E-state index >= 15 is 0 Å². The van der Waals surface area contributed by atoms with Gasteiger partial charge in [0.25, 0.3) is 5.91 Å². The molecule has 4 N–H and O–H groups in total. The van der Waals surface area contributed by atoms with Crippen LogP contribution in [0.5, 0.6) is 0 Å². The van der Waals surface area contributed by atoms with Crippen LogP contribution in [-0.2, 0) is 9.84 Å². The third-order valence-corrected chi connectivity index (χ3v) is 5.04. The van der Waals surface area contributed by atoms with Gasteiger partial charge in [0.15, 0.2) is 11.8 Å². The van der Waals surface area contributed by atoms with Gasteiger partial charge in [-0.3, -0.25) is 4.79 Å². The van der Waals surface area contributed by atoms with Crippen LogP contribution in [0.25, 0.3) is 0 Å². The van der Waals surface area contributed by atoms with Crippen LogP contribution in [-0.4, -0.2) is 43.2 Å². The van der Waals surface area contributed by atoms with Gasteiger partial charge in [-0.2, -0.15) is 13.2 Å². The Morgan fingerprint density at radius 2 is 1.85 bits per heavy atom. The van der Waals surface area contributed by atoms with Crippen molar-refractivity contribution in [3.63, 3.8) is 0 Å². The average molecular weight is 389 g/mol. The Balaban J connectivity index is 2.21. The molecule has 140 valence electrons. The number of benzene rings is 1. The van der Waals surface area contributed by atoms with Gasteiger partial charge in [-0.05, 0) is 18.2 Å². The normalized spacial score (nSPS) is 13.2. The van der Waals surface area contributed by atoms with E-state index < -0.39 is 40.3 Å². The van der Waals surface area contributed by atoms with Crippen molar-refractivity contribution in [3.05, 3.63) is 48.3 Å². The third kappa shape index (κ3) is 4.29. The Hall–Kier alpha value is -2.66. The molecule has 0 radical (unpaired) electrons. The highest BCUT2D eigenvalue weighted by Crippen LogP contribution is 2.23. The van der Waals surface area contributed by atoms with Crippen LogP contribution in [0.15, 0.2) is 52.4 Å². The molecule has 1 aromatic heterocycles. The molecule has 0 spiro atoms. The fourth-order valence-electron chi connectivity index (χ4n) is 1.92. The van der Waals surface area contributed by atoms with Crippen LogP contribution in [0.3, 0.4) is 0 Å². The second kappa shape index (κ2) is 7.30. The molecule has 0 fully saturated rings. The molecular formula is C15H14F3N3O4S. The van der Waals surface area contributed by atoms with E-state index in [0.717, 1.165) is 12.3 Å². The lowest BCUT2D eigenvalue weighted by molar-refractivity contribution is -0.201. The molecular weight excluding hydrogens is 375 g/mol. The summed E-state index contributed by atoms with van der Waals surface area (Å²) in [5, 5.41) is 10.7. The second-order valence-corrected chi connectivity index (χ2v) is 7.14. The number of halogens is 3. The van der Waals surface area contributed by atoms with Gasteiger partial charge in [-0.1, -0.05) is 18.2 Å². The summed E-state index contributed by atoms with van der Waals surface area (Å²) in [6.07, 6.45) is -6.75. The van der Waals surface area contributed by atoms with Crippen molar-refractivity contribution in [2.24, 2.45) is 0 Å². The van der Waals surface area contributed by atoms with Gasteiger partial charge in [0.2, 0.25) is 9.84 Å². The molecule has 7 nitrogen and oxygen atoms in total. The van der Waals surface area contributed by atoms with Gasteiger partial charge >= 0.3 is 6.18 Å². The number of aromatic nitrogens is 1. The van der Waals surface area contributed by atoms with E-state index in [0.29, 0.717) is 0 Å². The average Bonchev–Trinajstić information content (AvgIpc) is 2.59. The summed E-state index contributed by atoms with van der Waals surface area (Å²) in [7, 11) is -3.91. The van der Waals surface area contributed by atoms with E-state index in [-0.39, 0.29) is 15.5 Å². The lowest BCUT2D eigenvalue weighted by Gasteiger charge is -2.15. The number of carbonyl (C=O) groups excluding carboxylic acids is 1. The SMILES string of the molecule is Nc1cc(S(=O)(=O)c2ccccc2)cnc1C(=O)NCC(O)C(F)(F)F. The van der Waals surface area contributed by atoms with Crippen molar-refractivity contribution in [1.29, 1.82) is 0 Å². The number of rotatable bonds is 5. The first-order valence-electron chi connectivity index (χ1n) is 7.12. The highest BCUT2D eigenvalue weighted by Gasteiger charge is 2.38. The molecule has 2 rings (SSSR count). The van der Waals surface area contributed by atoms with Gasteiger partial charge in [-0.15, -0.1) is 0 Å². The van der Waals surface area contributed by atoms with Crippen molar-refractivity contribution in [1.82, 2.24) is 10.3 Å². The van der Waals surface area contributed by atoms with E-state index in [4.69, 9.17) is 10.8 Å². The zero-order valence-corrected chi connectivity index (χ0v) is 13.9. The number of hydrogen-bond acceptors (Lipinski definition) is 6. The Labute approximate surface area is 146 Å². The number of nitrogens with one attached hydrogen (secondary N) is 1. The highest BCUT2D eigenvalue weighted by atomic mass is 32.2. The number of hydrogen-bond donors (Lipinski definition) is 3. The third-order valence-electron chi connectivity index (χ3n) is 3.30. The zero-order chi connectivity index (χ0) is 19.5. The van der Waals surface area contributed by atoms with E-state index in [1.165, 1.54) is 24.3 Å². The summed E-state index contributed by atoms with van der Waals surface area (Å²) in [4.78, 5) is 15.2. The zero-order valence-electron chi connectivity index (χ0n) is 13.1. The topological polar surface area (TPSA) is 122 Å². The number of pyridine rings is 1. The Bertz CT molecular complexity index is 902. The largest absolute Gasteiger partial charge is 0.416 e. The molecule has 0 saturated heterocycles. The number of nitrogen functional groups attached to an aromatic ring is 1. The lowest BCUT2D eigenvalue weighted by Crippen LogP contribution is -2.41. The molecule has 1 aromatic carbocycles. The van der Waals surface area contributed by atoms with Crippen molar-refractivity contribution in [2.75, 3.05) is 12.3 Å². The minimum Gasteiger partial charge on any atom is -0.397 e. The number of nitrogens with two attached hydrogens (primary N) is 1. The van der Waals surface area contributed by atoms with E-state index in [1.807, 2.05) is 5.32 Å². The summed E-state index contributed by atoms with van der Waals surface area (Å²) in [6, 6.07) is 8.41. The van der Waals surface area contributed by atoms with Gasteiger partial charge < -0.3 is 16.2 Å². The quantitative estimate of drug-likeness (QED) is 0.705. The van der Waals surface area contributed by atoms with Crippen molar-refractivity contribution < 1.29 is 31.5 Å².